The molecule has 2 aliphatic carbocycles. The molecular weight excluding hydrogens is 244 g/mol. The van der Waals surface area contributed by atoms with Crippen LogP contribution in [0, 0.1) is 23.7 Å². The molecule has 2 saturated carbocycles. The molecule has 0 saturated heterocycles. The lowest BCUT2D eigenvalue weighted by molar-refractivity contribution is -0.0706. The smallest absolute Gasteiger partial charge is 0.207 e. The van der Waals surface area contributed by atoms with E-state index in [9.17, 15) is 17.6 Å². The van der Waals surface area contributed by atoms with E-state index in [4.69, 9.17) is 0 Å². The largest absolute Gasteiger partial charge is 0.254 e. The first-order chi connectivity index (χ1) is 8.29. The summed E-state index contributed by atoms with van der Waals surface area (Å²) in [7, 11) is 0. The highest BCUT2D eigenvalue weighted by Crippen LogP contribution is 2.61. The Morgan fingerprint density at radius 2 is 1.83 bits per heavy atom. The molecule has 0 amide bonds. The van der Waals surface area contributed by atoms with E-state index in [2.05, 4.69) is 0 Å². The van der Waals surface area contributed by atoms with E-state index in [1.807, 2.05) is 6.92 Å². The monoisotopic (exact) mass is 266 g/mol. The quantitative estimate of drug-likeness (QED) is 0.560. The van der Waals surface area contributed by atoms with Gasteiger partial charge in [-0.25, -0.2) is 17.6 Å². The van der Waals surface area contributed by atoms with Crippen molar-refractivity contribution in [3.05, 3.63) is 0 Å². The molecular formula is C14H22F4. The summed E-state index contributed by atoms with van der Waals surface area (Å²) in [5.41, 5.74) is 0. The highest BCUT2D eigenvalue weighted by atomic mass is 19.3. The van der Waals surface area contributed by atoms with E-state index in [0.29, 0.717) is 12.8 Å². The Bertz CT molecular complexity index is 296. The second kappa shape index (κ2) is 4.68. The number of alkyl halides is 4. The maximum Gasteiger partial charge on any atom is 0.254 e. The van der Waals surface area contributed by atoms with Crippen LogP contribution in [-0.2, 0) is 0 Å². The predicted octanol–water partition coefficient (Wildman–Crippen LogP) is 5.13. The van der Waals surface area contributed by atoms with Gasteiger partial charge in [-0.1, -0.05) is 20.3 Å². The third-order valence-electron chi connectivity index (χ3n) is 4.55. The molecule has 0 spiro atoms. The van der Waals surface area contributed by atoms with Crippen molar-refractivity contribution in [3.63, 3.8) is 0 Å². The minimum absolute atomic E-state index is 0.0304. The molecule has 4 heteroatoms. The van der Waals surface area contributed by atoms with Crippen molar-refractivity contribution in [3.8, 4) is 0 Å². The fourth-order valence-electron chi connectivity index (χ4n) is 2.95. The van der Waals surface area contributed by atoms with Crippen LogP contribution in [0.5, 0.6) is 0 Å². The highest BCUT2D eigenvalue weighted by Gasteiger charge is 2.67. The minimum atomic E-state index is -2.77. The molecule has 2 aliphatic rings. The Kier molecular flexibility index (Phi) is 3.67. The summed E-state index contributed by atoms with van der Waals surface area (Å²) in [6.45, 7) is 3.29. The molecule has 2 rings (SSSR count). The minimum Gasteiger partial charge on any atom is -0.207 e. The Morgan fingerprint density at radius 3 is 2.33 bits per heavy atom. The van der Waals surface area contributed by atoms with Gasteiger partial charge in [0.25, 0.3) is 11.8 Å². The summed E-state index contributed by atoms with van der Waals surface area (Å²) in [5.74, 6) is -7.71. The van der Waals surface area contributed by atoms with Gasteiger partial charge in [0.05, 0.1) is 0 Å². The van der Waals surface area contributed by atoms with E-state index in [0.717, 1.165) is 12.8 Å². The van der Waals surface area contributed by atoms with E-state index in [1.165, 1.54) is 6.92 Å². The van der Waals surface area contributed by atoms with Crippen molar-refractivity contribution >= 4 is 0 Å². The SMILES string of the molecule is CCCC1C(CC(C)C(F)(F)CC2CC2)C1(F)F. The topological polar surface area (TPSA) is 0 Å². The molecule has 106 valence electrons. The van der Waals surface area contributed by atoms with Crippen LogP contribution in [0.4, 0.5) is 17.6 Å². The molecule has 3 atom stereocenters. The molecule has 0 aromatic carbocycles. The first-order valence-electron chi connectivity index (χ1n) is 7.04. The van der Waals surface area contributed by atoms with Crippen LogP contribution in [0.25, 0.3) is 0 Å². The Balaban J connectivity index is 1.85. The lowest BCUT2D eigenvalue weighted by Crippen LogP contribution is -2.27. The van der Waals surface area contributed by atoms with Crippen LogP contribution < -0.4 is 0 Å². The lowest BCUT2D eigenvalue weighted by atomic mass is 9.92. The van der Waals surface area contributed by atoms with E-state index >= 15 is 0 Å². The molecule has 0 N–H and O–H groups in total. The van der Waals surface area contributed by atoms with Gasteiger partial charge in [0.15, 0.2) is 0 Å². The Labute approximate surface area is 106 Å². The van der Waals surface area contributed by atoms with E-state index < -0.39 is 29.6 Å². The van der Waals surface area contributed by atoms with Gasteiger partial charge in [-0.3, -0.25) is 0 Å². The average molecular weight is 266 g/mol. The maximum absolute atomic E-state index is 13.8. The second-order valence-corrected chi connectivity index (χ2v) is 6.22. The Morgan fingerprint density at radius 1 is 1.22 bits per heavy atom. The molecule has 0 aromatic heterocycles. The van der Waals surface area contributed by atoms with Crippen LogP contribution >= 0.6 is 0 Å². The summed E-state index contributed by atoms with van der Waals surface area (Å²) in [6.07, 6.45) is 2.77. The molecule has 0 nitrogen and oxygen atoms in total. The molecule has 0 heterocycles. The summed E-state index contributed by atoms with van der Waals surface area (Å²) in [6, 6.07) is 0. The maximum atomic E-state index is 13.8. The van der Waals surface area contributed by atoms with Crippen molar-refractivity contribution in [2.75, 3.05) is 0 Å². The number of hydrogen-bond acceptors (Lipinski definition) is 0. The third kappa shape index (κ3) is 2.83. The first-order valence-corrected chi connectivity index (χ1v) is 7.04. The average Bonchev–Trinajstić information content (AvgIpc) is 3.13. The third-order valence-corrected chi connectivity index (χ3v) is 4.55. The molecule has 0 aliphatic heterocycles. The number of hydrogen-bond donors (Lipinski definition) is 0. The summed E-state index contributed by atoms with van der Waals surface area (Å²) >= 11 is 0. The van der Waals surface area contributed by atoms with Gasteiger partial charge in [-0.05, 0) is 31.6 Å². The molecule has 18 heavy (non-hydrogen) atoms. The second-order valence-electron chi connectivity index (χ2n) is 6.22. The van der Waals surface area contributed by atoms with Gasteiger partial charge in [-0.2, -0.15) is 0 Å². The first kappa shape index (κ1) is 14.1. The standard InChI is InChI=1S/C14H22F4/c1-3-4-11-12(14(11,17)18)7-9(2)13(15,16)8-10-5-6-10/h9-12H,3-8H2,1-2H3. The van der Waals surface area contributed by atoms with Crippen LogP contribution in [-0.4, -0.2) is 11.8 Å². The van der Waals surface area contributed by atoms with Crippen LogP contribution in [0.1, 0.15) is 52.4 Å². The molecule has 2 fully saturated rings. The lowest BCUT2D eigenvalue weighted by Gasteiger charge is -2.23. The van der Waals surface area contributed by atoms with Crippen molar-refractivity contribution in [1.29, 1.82) is 0 Å². The van der Waals surface area contributed by atoms with Gasteiger partial charge in [0, 0.05) is 24.2 Å². The molecule has 0 aromatic rings. The van der Waals surface area contributed by atoms with Crippen molar-refractivity contribution in [2.45, 2.75) is 64.2 Å². The zero-order valence-electron chi connectivity index (χ0n) is 11.1. The fourth-order valence-corrected chi connectivity index (χ4v) is 2.95. The van der Waals surface area contributed by atoms with Gasteiger partial charge >= 0.3 is 0 Å². The zero-order valence-corrected chi connectivity index (χ0v) is 11.1. The molecule has 3 unspecified atom stereocenters. The predicted molar refractivity (Wildman–Crippen MR) is 62.9 cm³/mol. The van der Waals surface area contributed by atoms with Crippen molar-refractivity contribution in [2.24, 2.45) is 23.7 Å². The normalized spacial score (nSPS) is 32.3. The summed E-state index contributed by atoms with van der Waals surface area (Å²) in [4.78, 5) is 0. The van der Waals surface area contributed by atoms with Gasteiger partial charge in [-0.15, -0.1) is 0 Å². The van der Waals surface area contributed by atoms with Crippen molar-refractivity contribution in [1.82, 2.24) is 0 Å². The van der Waals surface area contributed by atoms with Gasteiger partial charge in [0.2, 0.25) is 0 Å². The van der Waals surface area contributed by atoms with Crippen LogP contribution in [0.15, 0.2) is 0 Å². The fraction of sp³-hybridized carbons (Fsp3) is 1.00. The van der Waals surface area contributed by atoms with Gasteiger partial charge in [0.1, 0.15) is 0 Å². The summed E-state index contributed by atoms with van der Waals surface area (Å²) in [5, 5.41) is 0. The Hall–Kier alpha value is -0.280. The molecule has 0 bridgehead atoms. The molecule has 0 radical (unpaired) electrons. The number of halogens is 4. The number of rotatable bonds is 7. The zero-order chi connectivity index (χ0) is 13.6. The van der Waals surface area contributed by atoms with Crippen LogP contribution in [0.2, 0.25) is 0 Å². The van der Waals surface area contributed by atoms with Crippen molar-refractivity contribution < 1.29 is 17.6 Å². The van der Waals surface area contributed by atoms with Crippen LogP contribution in [0.3, 0.4) is 0 Å². The van der Waals surface area contributed by atoms with E-state index in [-0.39, 0.29) is 18.8 Å². The highest BCUT2D eigenvalue weighted by molar-refractivity contribution is 5.06. The van der Waals surface area contributed by atoms with E-state index in [1.54, 1.807) is 0 Å². The summed E-state index contributed by atoms with van der Waals surface area (Å²) < 4.78 is 54.5. The van der Waals surface area contributed by atoms with Gasteiger partial charge < -0.3 is 0 Å².